The summed E-state index contributed by atoms with van der Waals surface area (Å²) in [5.41, 5.74) is 0.227. The highest BCUT2D eigenvalue weighted by molar-refractivity contribution is 5.90. The van der Waals surface area contributed by atoms with Gasteiger partial charge in [-0.05, 0) is 93.3 Å². The van der Waals surface area contributed by atoms with Gasteiger partial charge in [0.2, 0.25) is 5.60 Å². The SMILES string of the molecule is CCCCCCC(C)OC(=O)c1ccc(OC(=O)C2(OCCCCCCCCCCCOC(=O)CC3CCCC3)C=CC(c3ccccc3)C=C2)cc1. The lowest BCUT2D eigenvalue weighted by Gasteiger charge is -2.29. The van der Waals surface area contributed by atoms with E-state index in [-0.39, 0.29) is 24.0 Å². The first-order valence-corrected chi connectivity index (χ1v) is 20.6. The molecule has 2 aliphatic rings. The minimum Gasteiger partial charge on any atom is -0.466 e. The Morgan fingerprint density at radius 1 is 0.736 bits per heavy atom. The van der Waals surface area contributed by atoms with E-state index in [2.05, 4.69) is 19.1 Å². The molecule has 290 valence electrons. The van der Waals surface area contributed by atoms with Gasteiger partial charge in [-0.2, -0.15) is 0 Å². The molecule has 0 aromatic heterocycles. The lowest BCUT2D eigenvalue weighted by atomic mass is 9.88. The molecule has 1 unspecified atom stereocenters. The van der Waals surface area contributed by atoms with Crippen LogP contribution in [0.2, 0.25) is 0 Å². The number of hydrogen-bond acceptors (Lipinski definition) is 7. The molecule has 1 atom stereocenters. The van der Waals surface area contributed by atoms with Crippen LogP contribution in [0.25, 0.3) is 0 Å². The number of unbranched alkanes of at least 4 members (excludes halogenated alkanes) is 11. The first-order chi connectivity index (χ1) is 25.9. The highest BCUT2D eigenvalue weighted by atomic mass is 16.6. The minimum atomic E-state index is -1.33. The van der Waals surface area contributed by atoms with Crippen molar-refractivity contribution < 1.29 is 33.3 Å². The number of hydrogen-bond donors (Lipinski definition) is 0. The molecule has 0 aliphatic heterocycles. The summed E-state index contributed by atoms with van der Waals surface area (Å²) < 4.78 is 23.2. The summed E-state index contributed by atoms with van der Waals surface area (Å²) in [6, 6.07) is 16.7. The zero-order valence-corrected chi connectivity index (χ0v) is 32.4. The van der Waals surface area contributed by atoms with E-state index in [1.807, 2.05) is 49.4 Å². The van der Waals surface area contributed by atoms with E-state index in [9.17, 15) is 14.4 Å². The number of ether oxygens (including phenoxy) is 4. The van der Waals surface area contributed by atoms with Crippen LogP contribution in [0, 0.1) is 5.92 Å². The number of benzene rings is 2. The van der Waals surface area contributed by atoms with Gasteiger partial charge in [0.15, 0.2) is 0 Å². The maximum Gasteiger partial charge on any atom is 0.351 e. The van der Waals surface area contributed by atoms with E-state index in [1.54, 1.807) is 24.3 Å². The molecule has 7 heteroatoms. The molecule has 2 aromatic rings. The second kappa shape index (κ2) is 23.9. The molecule has 0 radical (unpaired) electrons. The summed E-state index contributed by atoms with van der Waals surface area (Å²) in [6.45, 7) is 5.09. The largest absolute Gasteiger partial charge is 0.466 e. The van der Waals surface area contributed by atoms with Gasteiger partial charge in [-0.25, -0.2) is 9.59 Å². The normalized spacial score (nSPS) is 18.9. The molecule has 0 heterocycles. The van der Waals surface area contributed by atoms with Gasteiger partial charge in [-0.1, -0.05) is 126 Å². The topological polar surface area (TPSA) is 88.1 Å². The number of esters is 3. The van der Waals surface area contributed by atoms with Crippen molar-refractivity contribution >= 4 is 17.9 Å². The Morgan fingerprint density at radius 3 is 1.98 bits per heavy atom. The molecule has 0 amide bonds. The Balaban J connectivity index is 1.17. The average Bonchev–Trinajstić information content (AvgIpc) is 3.69. The number of allylic oxidation sites excluding steroid dienone is 2. The molecular weight excluding hydrogens is 664 g/mol. The van der Waals surface area contributed by atoms with Crippen LogP contribution in [0.3, 0.4) is 0 Å². The highest BCUT2D eigenvalue weighted by Gasteiger charge is 2.39. The molecule has 4 rings (SSSR count). The molecule has 0 saturated heterocycles. The Kier molecular flexibility index (Phi) is 18.9. The molecule has 0 N–H and O–H groups in total. The van der Waals surface area contributed by atoms with Crippen LogP contribution in [-0.4, -0.2) is 42.8 Å². The fraction of sp³-hybridized carbons (Fsp3) is 0.587. The van der Waals surface area contributed by atoms with E-state index in [4.69, 9.17) is 18.9 Å². The summed E-state index contributed by atoms with van der Waals surface area (Å²) in [6.07, 6.45) is 28.1. The van der Waals surface area contributed by atoms with Gasteiger partial charge in [0, 0.05) is 18.9 Å². The fourth-order valence-electron chi connectivity index (χ4n) is 7.19. The third kappa shape index (κ3) is 15.3. The maximum absolute atomic E-state index is 13.7. The fourth-order valence-corrected chi connectivity index (χ4v) is 7.19. The summed E-state index contributed by atoms with van der Waals surface area (Å²) in [7, 11) is 0. The average molecular weight is 729 g/mol. The van der Waals surface area contributed by atoms with E-state index >= 15 is 0 Å². The van der Waals surface area contributed by atoms with Crippen LogP contribution < -0.4 is 4.74 Å². The van der Waals surface area contributed by atoms with Gasteiger partial charge >= 0.3 is 17.9 Å². The molecule has 1 fully saturated rings. The van der Waals surface area contributed by atoms with Crippen molar-refractivity contribution in [2.24, 2.45) is 5.92 Å². The molecule has 2 aliphatic carbocycles. The second-order valence-electron chi connectivity index (χ2n) is 15.0. The van der Waals surface area contributed by atoms with Crippen molar-refractivity contribution in [3.8, 4) is 5.75 Å². The van der Waals surface area contributed by atoms with Gasteiger partial charge in [-0.3, -0.25) is 4.79 Å². The van der Waals surface area contributed by atoms with Crippen molar-refractivity contribution in [3.63, 3.8) is 0 Å². The predicted molar refractivity (Wildman–Crippen MR) is 211 cm³/mol. The smallest absolute Gasteiger partial charge is 0.351 e. The molecule has 53 heavy (non-hydrogen) atoms. The predicted octanol–water partition coefficient (Wildman–Crippen LogP) is 11.4. The quantitative estimate of drug-likeness (QED) is 0.0435. The van der Waals surface area contributed by atoms with Gasteiger partial charge in [0.05, 0.1) is 18.3 Å². The van der Waals surface area contributed by atoms with Crippen LogP contribution in [0.1, 0.15) is 158 Å². The van der Waals surface area contributed by atoms with Crippen molar-refractivity contribution in [1.29, 1.82) is 0 Å². The Hall–Kier alpha value is -3.71. The van der Waals surface area contributed by atoms with Crippen molar-refractivity contribution in [2.45, 2.75) is 153 Å². The van der Waals surface area contributed by atoms with E-state index < -0.39 is 11.6 Å². The molecule has 2 aromatic carbocycles. The van der Waals surface area contributed by atoms with Crippen LogP contribution in [0.4, 0.5) is 0 Å². The summed E-state index contributed by atoms with van der Waals surface area (Å²) >= 11 is 0. The Bertz CT molecular complexity index is 1390. The Labute approximate surface area is 318 Å². The van der Waals surface area contributed by atoms with Gasteiger partial charge in [0.25, 0.3) is 0 Å². The van der Waals surface area contributed by atoms with Gasteiger partial charge in [-0.15, -0.1) is 0 Å². The monoisotopic (exact) mass is 728 g/mol. The van der Waals surface area contributed by atoms with Crippen LogP contribution in [0.5, 0.6) is 5.75 Å². The number of rotatable bonds is 25. The highest BCUT2D eigenvalue weighted by Crippen LogP contribution is 2.31. The van der Waals surface area contributed by atoms with Crippen molar-refractivity contribution in [3.05, 3.63) is 90.0 Å². The van der Waals surface area contributed by atoms with Crippen LogP contribution in [-0.2, 0) is 23.8 Å². The number of carbonyl (C=O) groups is 3. The first kappa shape index (κ1) is 42.0. The molecule has 0 bridgehead atoms. The van der Waals surface area contributed by atoms with Crippen LogP contribution in [0.15, 0.2) is 78.9 Å². The van der Waals surface area contributed by atoms with Crippen molar-refractivity contribution in [1.82, 2.24) is 0 Å². The molecular formula is C46H64O7. The summed E-state index contributed by atoms with van der Waals surface area (Å²) in [4.78, 5) is 38.4. The zero-order valence-electron chi connectivity index (χ0n) is 32.4. The maximum atomic E-state index is 13.7. The van der Waals surface area contributed by atoms with Gasteiger partial charge < -0.3 is 18.9 Å². The third-order valence-electron chi connectivity index (χ3n) is 10.5. The minimum absolute atomic E-state index is 0.0149. The summed E-state index contributed by atoms with van der Waals surface area (Å²) in [5, 5.41) is 0. The standard InChI is InChI=1S/C46H64O7/c1-3-4-5-14-21-37(2)52-44(48)41-26-28-42(29-27-41)53-45(49)46(32-30-40(31-33-46)39-24-15-13-16-25-39)51-35-20-12-10-8-6-7-9-11-19-34-50-43(47)36-38-22-17-18-23-38/h13,15-16,24-33,37-38,40H,3-12,14,17-23,34-36H2,1-2H3. The van der Waals surface area contributed by atoms with E-state index in [0.29, 0.717) is 36.9 Å². The zero-order chi connectivity index (χ0) is 37.6. The van der Waals surface area contributed by atoms with Crippen LogP contribution >= 0.6 is 0 Å². The van der Waals surface area contributed by atoms with Crippen molar-refractivity contribution in [2.75, 3.05) is 13.2 Å². The number of carbonyl (C=O) groups excluding carboxylic acids is 3. The van der Waals surface area contributed by atoms with E-state index in [1.165, 1.54) is 64.2 Å². The molecule has 7 nitrogen and oxygen atoms in total. The first-order valence-electron chi connectivity index (χ1n) is 20.6. The third-order valence-corrected chi connectivity index (χ3v) is 10.5. The van der Waals surface area contributed by atoms with Gasteiger partial charge in [0.1, 0.15) is 5.75 Å². The summed E-state index contributed by atoms with van der Waals surface area (Å²) in [5.74, 6) is 0.0228. The lowest BCUT2D eigenvalue weighted by molar-refractivity contribution is -0.151. The molecule has 0 spiro atoms. The Morgan fingerprint density at radius 2 is 1.34 bits per heavy atom. The van der Waals surface area contributed by atoms with E-state index in [0.717, 1.165) is 56.9 Å². The molecule has 1 saturated carbocycles. The lowest BCUT2D eigenvalue weighted by Crippen LogP contribution is -2.42. The second-order valence-corrected chi connectivity index (χ2v) is 15.0.